The number of nitrogen functional groups attached to an aromatic ring is 1. The van der Waals surface area contributed by atoms with Crippen molar-refractivity contribution < 1.29 is 4.79 Å². The van der Waals surface area contributed by atoms with Crippen LogP contribution in [0.15, 0.2) is 36.4 Å². The molecular weight excluding hydrogens is 297 g/mol. The topological polar surface area (TPSA) is 71.8 Å². The van der Waals surface area contributed by atoms with E-state index in [1.54, 1.807) is 36.4 Å². The summed E-state index contributed by atoms with van der Waals surface area (Å²) in [6.45, 7) is 0. The fraction of sp³-hybridized carbons (Fsp3) is 0. The van der Waals surface area contributed by atoms with Gasteiger partial charge in [-0.2, -0.15) is 0 Å². The Labute approximate surface area is 124 Å². The Morgan fingerprint density at radius 2 is 1.75 bits per heavy atom. The quantitative estimate of drug-likeness (QED) is 0.560. The lowest BCUT2D eigenvalue weighted by molar-refractivity contribution is 0.103. The zero-order valence-electron chi connectivity index (χ0n) is 10.2. The zero-order chi connectivity index (χ0) is 14.3. The fourth-order valence-electron chi connectivity index (χ4n) is 2.00. The smallest absolute Gasteiger partial charge is 0.231 e. The zero-order valence-corrected chi connectivity index (χ0v) is 11.7. The van der Waals surface area contributed by atoms with E-state index in [0.29, 0.717) is 16.7 Å². The van der Waals surface area contributed by atoms with Gasteiger partial charge >= 0.3 is 0 Å². The number of benzene rings is 2. The summed E-state index contributed by atoms with van der Waals surface area (Å²) in [7, 11) is 0. The van der Waals surface area contributed by atoms with Crippen molar-refractivity contribution in [3.05, 3.63) is 57.8 Å². The minimum Gasteiger partial charge on any atom is -0.397 e. The third-order valence-corrected chi connectivity index (χ3v) is 3.58. The number of nitrogens with one attached hydrogen (secondary N) is 1. The number of ketones is 1. The van der Waals surface area contributed by atoms with Gasteiger partial charge in [-0.25, -0.2) is 4.98 Å². The van der Waals surface area contributed by atoms with Gasteiger partial charge in [0.1, 0.15) is 5.52 Å². The molecule has 3 aromatic rings. The van der Waals surface area contributed by atoms with Gasteiger partial charge in [0.05, 0.1) is 26.8 Å². The summed E-state index contributed by atoms with van der Waals surface area (Å²) < 4.78 is 0. The van der Waals surface area contributed by atoms with Crippen molar-refractivity contribution in [1.82, 2.24) is 9.97 Å². The van der Waals surface area contributed by atoms with Gasteiger partial charge in [0.25, 0.3) is 0 Å². The van der Waals surface area contributed by atoms with Gasteiger partial charge in [0.15, 0.2) is 5.82 Å². The number of rotatable bonds is 2. The minimum absolute atomic E-state index is 0.160. The van der Waals surface area contributed by atoms with E-state index in [2.05, 4.69) is 9.97 Å². The average molecular weight is 306 g/mol. The summed E-state index contributed by atoms with van der Waals surface area (Å²) in [6.07, 6.45) is 0. The van der Waals surface area contributed by atoms with Crippen molar-refractivity contribution in [3.63, 3.8) is 0 Å². The maximum absolute atomic E-state index is 12.5. The van der Waals surface area contributed by atoms with E-state index in [0.717, 1.165) is 0 Å². The number of hydrogen-bond acceptors (Lipinski definition) is 3. The van der Waals surface area contributed by atoms with Gasteiger partial charge in [-0.15, -0.1) is 0 Å². The minimum atomic E-state index is -0.365. The van der Waals surface area contributed by atoms with E-state index in [-0.39, 0.29) is 27.2 Å². The number of fused-ring (bicyclic) bond motifs is 1. The molecule has 0 saturated carbocycles. The van der Waals surface area contributed by atoms with Crippen molar-refractivity contribution >= 4 is 45.7 Å². The average Bonchev–Trinajstić information content (AvgIpc) is 2.84. The van der Waals surface area contributed by atoms with Gasteiger partial charge in [-0.3, -0.25) is 4.79 Å². The third-order valence-electron chi connectivity index (χ3n) is 2.95. The molecule has 4 nitrogen and oxygen atoms in total. The summed E-state index contributed by atoms with van der Waals surface area (Å²) in [5, 5.41) is 0.576. The second kappa shape index (κ2) is 4.81. The Hall–Kier alpha value is -2.04. The van der Waals surface area contributed by atoms with Crippen LogP contribution in [0.25, 0.3) is 11.0 Å². The van der Waals surface area contributed by atoms with Crippen molar-refractivity contribution in [1.29, 1.82) is 0 Å². The number of carbonyl (C=O) groups excluding carboxylic acids is 1. The number of nitrogens with two attached hydrogens (primary N) is 1. The van der Waals surface area contributed by atoms with E-state index in [4.69, 9.17) is 28.9 Å². The number of nitrogens with zero attached hydrogens (tertiary/aromatic N) is 1. The molecule has 6 heteroatoms. The van der Waals surface area contributed by atoms with Crippen molar-refractivity contribution in [2.45, 2.75) is 0 Å². The number of para-hydroxylation sites is 1. The Morgan fingerprint density at radius 3 is 2.40 bits per heavy atom. The Bertz CT molecular complexity index is 806. The molecule has 0 radical (unpaired) electrons. The highest BCUT2D eigenvalue weighted by Crippen LogP contribution is 2.27. The van der Waals surface area contributed by atoms with Gasteiger partial charge < -0.3 is 10.7 Å². The summed E-state index contributed by atoms with van der Waals surface area (Å²) in [5.41, 5.74) is 7.80. The molecule has 0 bridgehead atoms. The third kappa shape index (κ3) is 2.03. The standard InChI is InChI=1S/C14H9Cl2N3O/c15-7-3-1-4-8(16)11(7)13(20)14-18-10-6-2-5-9(17)12(10)19-14/h1-6H,17H2,(H,18,19). The van der Waals surface area contributed by atoms with Crippen molar-refractivity contribution in [2.24, 2.45) is 0 Å². The molecule has 100 valence electrons. The number of H-pyrrole nitrogens is 1. The highest BCUT2D eigenvalue weighted by atomic mass is 35.5. The molecule has 20 heavy (non-hydrogen) atoms. The number of imidazole rings is 1. The first-order valence-corrected chi connectivity index (χ1v) is 6.56. The van der Waals surface area contributed by atoms with Crippen LogP contribution < -0.4 is 5.73 Å². The van der Waals surface area contributed by atoms with Gasteiger partial charge in [0, 0.05) is 0 Å². The number of carbonyl (C=O) groups is 1. The SMILES string of the molecule is Nc1cccc2[nH]c(C(=O)c3c(Cl)cccc3Cl)nc12. The van der Waals surface area contributed by atoms with Crippen molar-refractivity contribution in [3.8, 4) is 0 Å². The van der Waals surface area contributed by atoms with Crippen LogP contribution in [0.5, 0.6) is 0 Å². The summed E-state index contributed by atoms with van der Waals surface area (Å²) in [6, 6.07) is 10.2. The lowest BCUT2D eigenvalue weighted by Crippen LogP contribution is -2.05. The van der Waals surface area contributed by atoms with Gasteiger partial charge in [-0.1, -0.05) is 35.3 Å². The molecular formula is C14H9Cl2N3O. The van der Waals surface area contributed by atoms with Crippen LogP contribution in [-0.2, 0) is 0 Å². The molecule has 1 aromatic heterocycles. The van der Waals surface area contributed by atoms with Crippen LogP contribution in [0.3, 0.4) is 0 Å². The molecule has 3 rings (SSSR count). The maximum Gasteiger partial charge on any atom is 0.231 e. The monoisotopic (exact) mass is 305 g/mol. The number of aromatic nitrogens is 2. The predicted molar refractivity (Wildman–Crippen MR) is 80.4 cm³/mol. The van der Waals surface area contributed by atoms with E-state index < -0.39 is 0 Å². The molecule has 0 unspecified atom stereocenters. The molecule has 0 spiro atoms. The molecule has 0 atom stereocenters. The van der Waals surface area contributed by atoms with Crippen LogP contribution in [0.4, 0.5) is 5.69 Å². The molecule has 1 heterocycles. The van der Waals surface area contributed by atoms with Crippen molar-refractivity contribution in [2.75, 3.05) is 5.73 Å². The highest BCUT2D eigenvalue weighted by molar-refractivity contribution is 6.40. The lowest BCUT2D eigenvalue weighted by Gasteiger charge is -2.03. The van der Waals surface area contributed by atoms with Crippen LogP contribution >= 0.6 is 23.2 Å². The highest BCUT2D eigenvalue weighted by Gasteiger charge is 2.20. The lowest BCUT2D eigenvalue weighted by atomic mass is 10.1. The first kappa shape index (κ1) is 13.0. The van der Waals surface area contributed by atoms with E-state index >= 15 is 0 Å². The first-order valence-electron chi connectivity index (χ1n) is 5.81. The fourth-order valence-corrected chi connectivity index (χ4v) is 2.56. The van der Waals surface area contributed by atoms with E-state index in [9.17, 15) is 4.79 Å². The van der Waals surface area contributed by atoms with Crippen LogP contribution in [0.1, 0.15) is 16.2 Å². The molecule has 2 aromatic carbocycles. The van der Waals surface area contributed by atoms with Gasteiger partial charge in [-0.05, 0) is 24.3 Å². The van der Waals surface area contributed by atoms with E-state index in [1.165, 1.54) is 0 Å². The molecule has 0 aliphatic carbocycles. The van der Waals surface area contributed by atoms with Gasteiger partial charge in [0.2, 0.25) is 5.78 Å². The first-order chi connectivity index (χ1) is 9.58. The maximum atomic E-state index is 12.5. The molecule has 0 saturated heterocycles. The number of hydrogen-bond donors (Lipinski definition) is 2. The Kier molecular flexibility index (Phi) is 3.12. The number of anilines is 1. The molecule has 0 fully saturated rings. The number of halogens is 2. The predicted octanol–water partition coefficient (Wildman–Crippen LogP) is 3.68. The van der Waals surface area contributed by atoms with Crippen LogP contribution in [0.2, 0.25) is 10.0 Å². The van der Waals surface area contributed by atoms with E-state index in [1.807, 2.05) is 0 Å². The Morgan fingerprint density at radius 1 is 1.10 bits per heavy atom. The second-order valence-corrected chi connectivity index (χ2v) is 5.07. The van der Waals surface area contributed by atoms with Crippen LogP contribution in [-0.4, -0.2) is 15.8 Å². The largest absolute Gasteiger partial charge is 0.397 e. The molecule has 0 aliphatic rings. The molecule has 0 aliphatic heterocycles. The summed E-state index contributed by atoms with van der Waals surface area (Å²) in [5.74, 6) is -0.205. The Balaban J connectivity index is 2.16. The molecule has 3 N–H and O–H groups in total. The summed E-state index contributed by atoms with van der Waals surface area (Å²) >= 11 is 12.1. The summed E-state index contributed by atoms with van der Waals surface area (Å²) in [4.78, 5) is 19.6. The molecule has 0 amide bonds. The van der Waals surface area contributed by atoms with Crippen LogP contribution in [0, 0.1) is 0 Å². The second-order valence-electron chi connectivity index (χ2n) is 4.25. The number of aromatic amines is 1. The normalized spacial score (nSPS) is 10.9.